The van der Waals surface area contributed by atoms with Crippen LogP contribution in [0.5, 0.6) is 0 Å². The van der Waals surface area contributed by atoms with Crippen molar-refractivity contribution in [2.75, 3.05) is 0 Å². The maximum Gasteiger partial charge on any atom is 0.337 e. The highest BCUT2D eigenvalue weighted by atomic mass is 16.8. The van der Waals surface area contributed by atoms with Gasteiger partial charge < -0.3 is 9.47 Å². The van der Waals surface area contributed by atoms with Crippen LogP contribution in [0, 0.1) is 0 Å². The Balaban J connectivity index is 2.05. The second-order valence-electron chi connectivity index (χ2n) is 3.91. The van der Waals surface area contributed by atoms with Crippen molar-refractivity contribution >= 4 is 5.97 Å². The molecular weight excluding hydrogens is 168 g/mol. The topological polar surface area (TPSA) is 35.5 Å². The van der Waals surface area contributed by atoms with Gasteiger partial charge in [-0.3, -0.25) is 0 Å². The summed E-state index contributed by atoms with van der Waals surface area (Å²) in [6.07, 6.45) is 5.65. The van der Waals surface area contributed by atoms with Crippen molar-refractivity contribution in [2.24, 2.45) is 0 Å². The van der Waals surface area contributed by atoms with Crippen molar-refractivity contribution in [1.82, 2.24) is 0 Å². The number of carbonyl (C=O) groups excluding carboxylic acids is 1. The first-order valence-electron chi connectivity index (χ1n) is 5.16. The minimum Gasteiger partial charge on any atom is -0.431 e. The van der Waals surface area contributed by atoms with Crippen molar-refractivity contribution in [3.63, 3.8) is 0 Å². The summed E-state index contributed by atoms with van der Waals surface area (Å²) in [4.78, 5) is 11.3. The maximum atomic E-state index is 11.3. The molecule has 2 fully saturated rings. The van der Waals surface area contributed by atoms with Gasteiger partial charge in [-0.1, -0.05) is 13.3 Å². The Kier molecular flexibility index (Phi) is 2.28. The third-order valence-corrected chi connectivity index (χ3v) is 2.89. The Labute approximate surface area is 78.4 Å². The molecule has 0 aromatic heterocycles. The van der Waals surface area contributed by atoms with Gasteiger partial charge in [0.2, 0.25) is 5.79 Å². The second-order valence-corrected chi connectivity index (χ2v) is 3.91. The SMILES string of the molecule is CC[C@@H]1OC2(CCCCC2)OC1=O. The quantitative estimate of drug-likeness (QED) is 0.585. The van der Waals surface area contributed by atoms with Gasteiger partial charge in [0.25, 0.3) is 0 Å². The Hall–Kier alpha value is -0.570. The monoisotopic (exact) mass is 184 g/mol. The molecule has 0 aromatic rings. The molecule has 0 amide bonds. The number of hydrogen-bond donors (Lipinski definition) is 0. The molecule has 3 heteroatoms. The van der Waals surface area contributed by atoms with E-state index in [4.69, 9.17) is 9.47 Å². The van der Waals surface area contributed by atoms with Gasteiger partial charge in [0.1, 0.15) is 0 Å². The first kappa shape index (κ1) is 9.00. The average Bonchev–Trinajstić information content (AvgIpc) is 2.44. The number of rotatable bonds is 1. The minimum atomic E-state index is -0.532. The Bertz CT molecular complexity index is 206. The number of esters is 1. The molecule has 0 unspecified atom stereocenters. The van der Waals surface area contributed by atoms with Crippen LogP contribution >= 0.6 is 0 Å². The predicted molar refractivity (Wildman–Crippen MR) is 47.1 cm³/mol. The highest BCUT2D eigenvalue weighted by Crippen LogP contribution is 2.38. The molecular formula is C10H16O3. The van der Waals surface area contributed by atoms with Gasteiger partial charge in [-0.05, 0) is 19.3 Å². The molecule has 3 nitrogen and oxygen atoms in total. The molecule has 0 N–H and O–H groups in total. The minimum absolute atomic E-state index is 0.163. The van der Waals surface area contributed by atoms with E-state index in [-0.39, 0.29) is 12.1 Å². The molecule has 13 heavy (non-hydrogen) atoms. The van der Waals surface area contributed by atoms with Gasteiger partial charge in [-0.2, -0.15) is 0 Å². The fourth-order valence-corrected chi connectivity index (χ4v) is 2.14. The molecule has 2 aliphatic rings. The summed E-state index contributed by atoms with van der Waals surface area (Å²) in [6.45, 7) is 1.95. The summed E-state index contributed by atoms with van der Waals surface area (Å²) < 4.78 is 11.0. The Morgan fingerprint density at radius 2 is 2.08 bits per heavy atom. The Morgan fingerprint density at radius 1 is 1.38 bits per heavy atom. The van der Waals surface area contributed by atoms with Crippen molar-refractivity contribution in [2.45, 2.75) is 57.3 Å². The van der Waals surface area contributed by atoms with E-state index in [9.17, 15) is 4.79 Å². The molecule has 2 rings (SSSR count). The molecule has 1 saturated heterocycles. The van der Waals surface area contributed by atoms with Gasteiger partial charge in [-0.25, -0.2) is 4.79 Å². The van der Waals surface area contributed by atoms with Crippen LogP contribution in [0.3, 0.4) is 0 Å². The molecule has 0 bridgehead atoms. The van der Waals surface area contributed by atoms with Gasteiger partial charge in [0, 0.05) is 12.8 Å². The molecule has 1 saturated carbocycles. The summed E-state index contributed by atoms with van der Waals surface area (Å²) in [6, 6.07) is 0. The lowest BCUT2D eigenvalue weighted by Gasteiger charge is -2.30. The van der Waals surface area contributed by atoms with Gasteiger partial charge >= 0.3 is 5.97 Å². The van der Waals surface area contributed by atoms with E-state index < -0.39 is 5.79 Å². The average molecular weight is 184 g/mol. The fourth-order valence-electron chi connectivity index (χ4n) is 2.14. The summed E-state index contributed by atoms with van der Waals surface area (Å²) in [5, 5.41) is 0. The third kappa shape index (κ3) is 1.57. The molecule has 74 valence electrons. The van der Waals surface area contributed by atoms with E-state index in [1.54, 1.807) is 0 Å². The standard InChI is InChI=1S/C10H16O3/c1-2-8-9(11)13-10(12-8)6-4-3-5-7-10/h8H,2-7H2,1H3/t8-/m0/s1. The molecule has 1 aliphatic heterocycles. The van der Waals surface area contributed by atoms with Crippen LogP contribution in [0.25, 0.3) is 0 Å². The summed E-state index contributed by atoms with van der Waals surface area (Å²) >= 11 is 0. The lowest BCUT2D eigenvalue weighted by molar-refractivity contribution is -0.191. The van der Waals surface area contributed by atoms with Crippen LogP contribution in [0.15, 0.2) is 0 Å². The van der Waals surface area contributed by atoms with Crippen LogP contribution in [0.2, 0.25) is 0 Å². The van der Waals surface area contributed by atoms with Gasteiger partial charge in [-0.15, -0.1) is 0 Å². The van der Waals surface area contributed by atoms with Crippen molar-refractivity contribution in [3.8, 4) is 0 Å². The van der Waals surface area contributed by atoms with E-state index >= 15 is 0 Å². The number of hydrogen-bond acceptors (Lipinski definition) is 3. The largest absolute Gasteiger partial charge is 0.431 e. The normalized spacial score (nSPS) is 32.1. The number of ether oxygens (including phenoxy) is 2. The van der Waals surface area contributed by atoms with Crippen LogP contribution in [-0.2, 0) is 14.3 Å². The zero-order chi connectivity index (χ0) is 9.31. The summed E-state index contributed by atoms with van der Waals surface area (Å²) in [5.41, 5.74) is 0. The molecule has 1 atom stereocenters. The van der Waals surface area contributed by atoms with Crippen molar-refractivity contribution < 1.29 is 14.3 Å². The molecule has 1 spiro atoms. The second kappa shape index (κ2) is 3.29. The highest BCUT2D eigenvalue weighted by molar-refractivity contribution is 5.76. The first-order chi connectivity index (χ1) is 6.26. The van der Waals surface area contributed by atoms with Crippen LogP contribution < -0.4 is 0 Å². The van der Waals surface area contributed by atoms with Gasteiger partial charge in [0.15, 0.2) is 6.10 Å². The number of carbonyl (C=O) groups is 1. The van der Waals surface area contributed by atoms with Crippen LogP contribution in [0.1, 0.15) is 45.4 Å². The summed E-state index contributed by atoms with van der Waals surface area (Å²) in [5.74, 6) is -0.694. The maximum absolute atomic E-state index is 11.3. The van der Waals surface area contributed by atoms with E-state index in [1.807, 2.05) is 6.92 Å². The summed E-state index contributed by atoms with van der Waals surface area (Å²) in [7, 11) is 0. The van der Waals surface area contributed by atoms with E-state index in [2.05, 4.69) is 0 Å². The Morgan fingerprint density at radius 3 is 2.62 bits per heavy atom. The van der Waals surface area contributed by atoms with E-state index in [1.165, 1.54) is 6.42 Å². The van der Waals surface area contributed by atoms with Crippen molar-refractivity contribution in [3.05, 3.63) is 0 Å². The zero-order valence-electron chi connectivity index (χ0n) is 8.04. The smallest absolute Gasteiger partial charge is 0.337 e. The predicted octanol–water partition coefficient (Wildman–Crippen LogP) is 2.00. The van der Waals surface area contributed by atoms with Crippen LogP contribution in [0.4, 0.5) is 0 Å². The lowest BCUT2D eigenvalue weighted by Crippen LogP contribution is -2.33. The lowest BCUT2D eigenvalue weighted by atomic mass is 9.94. The highest BCUT2D eigenvalue weighted by Gasteiger charge is 2.47. The molecule has 0 aromatic carbocycles. The van der Waals surface area contributed by atoms with Gasteiger partial charge in [0.05, 0.1) is 0 Å². The third-order valence-electron chi connectivity index (χ3n) is 2.89. The molecule has 1 heterocycles. The zero-order valence-corrected chi connectivity index (χ0v) is 8.04. The molecule has 1 aliphatic carbocycles. The fraction of sp³-hybridized carbons (Fsp3) is 0.900. The van der Waals surface area contributed by atoms with E-state index in [0.717, 1.165) is 32.1 Å². The van der Waals surface area contributed by atoms with E-state index in [0.29, 0.717) is 0 Å². The van der Waals surface area contributed by atoms with Crippen LogP contribution in [-0.4, -0.2) is 17.9 Å². The molecule has 0 radical (unpaired) electrons. The van der Waals surface area contributed by atoms with Crippen molar-refractivity contribution in [1.29, 1.82) is 0 Å². The first-order valence-corrected chi connectivity index (χ1v) is 5.16.